The van der Waals surface area contributed by atoms with Crippen LogP contribution in [0.1, 0.15) is 15.9 Å². The van der Waals surface area contributed by atoms with Gasteiger partial charge in [0.1, 0.15) is 0 Å². The molecule has 1 aliphatic carbocycles. The zero-order valence-electron chi connectivity index (χ0n) is 12.4. The number of carbonyl (C=O) groups excluding carboxylic acids is 3. The van der Waals surface area contributed by atoms with Crippen molar-refractivity contribution >= 4 is 60.8 Å². The van der Waals surface area contributed by atoms with Crippen molar-refractivity contribution < 1.29 is 14.4 Å². The summed E-state index contributed by atoms with van der Waals surface area (Å²) in [6.07, 6.45) is 0. The molecular weight excluding hydrogens is 440 g/mol. The molecule has 1 aliphatic rings. The van der Waals surface area contributed by atoms with Gasteiger partial charge in [-0.05, 0) is 35.4 Å². The van der Waals surface area contributed by atoms with Crippen LogP contribution < -0.4 is 10.6 Å². The number of carbonyl (C=O) groups is 3. The molecule has 0 saturated carbocycles. The fraction of sp³-hybridized carbons (Fsp3) is 0.118. The second-order valence-electron chi connectivity index (χ2n) is 5.21. The molecule has 7 heteroatoms. The SMILES string of the molecule is O=C(CBr)Nc1ccc2c(c1)C(=O)c1cc(NC(=O)CBr)ccc1-2. The smallest absolute Gasteiger partial charge is 0.235 e. The number of ketones is 1. The summed E-state index contributed by atoms with van der Waals surface area (Å²) in [6, 6.07) is 10.5. The van der Waals surface area contributed by atoms with E-state index in [1.165, 1.54) is 0 Å². The molecule has 0 aromatic heterocycles. The maximum Gasteiger partial charge on any atom is 0.235 e. The lowest BCUT2D eigenvalue weighted by molar-refractivity contribution is -0.114. The number of halogens is 2. The van der Waals surface area contributed by atoms with Crippen molar-refractivity contribution in [3.8, 4) is 11.1 Å². The summed E-state index contributed by atoms with van der Waals surface area (Å²) in [7, 11) is 0. The molecule has 0 aliphatic heterocycles. The number of fused-ring (bicyclic) bond motifs is 3. The van der Waals surface area contributed by atoms with Gasteiger partial charge in [-0.1, -0.05) is 44.0 Å². The summed E-state index contributed by atoms with van der Waals surface area (Å²) in [4.78, 5) is 35.6. The van der Waals surface area contributed by atoms with Gasteiger partial charge in [0.15, 0.2) is 5.78 Å². The van der Waals surface area contributed by atoms with Crippen molar-refractivity contribution in [3.63, 3.8) is 0 Å². The van der Waals surface area contributed by atoms with Crippen molar-refractivity contribution in [1.29, 1.82) is 0 Å². The molecule has 0 saturated heterocycles. The van der Waals surface area contributed by atoms with E-state index in [4.69, 9.17) is 0 Å². The van der Waals surface area contributed by atoms with E-state index in [0.29, 0.717) is 22.5 Å². The summed E-state index contributed by atoms with van der Waals surface area (Å²) in [6.45, 7) is 0. The Bertz CT molecular complexity index is 795. The van der Waals surface area contributed by atoms with Crippen LogP contribution in [0.3, 0.4) is 0 Å². The molecule has 3 rings (SSSR count). The molecule has 0 unspecified atom stereocenters. The third-order valence-corrected chi connectivity index (χ3v) is 4.65. The van der Waals surface area contributed by atoms with Gasteiger partial charge in [-0.25, -0.2) is 0 Å². The summed E-state index contributed by atoms with van der Waals surface area (Å²) >= 11 is 6.17. The largest absolute Gasteiger partial charge is 0.325 e. The van der Waals surface area contributed by atoms with E-state index in [1.807, 2.05) is 12.1 Å². The second kappa shape index (κ2) is 6.86. The molecule has 5 nitrogen and oxygen atoms in total. The number of nitrogens with one attached hydrogen (secondary N) is 2. The van der Waals surface area contributed by atoms with Gasteiger partial charge >= 0.3 is 0 Å². The summed E-state index contributed by atoms with van der Waals surface area (Å²) in [5, 5.41) is 5.81. The Hall–Kier alpha value is -1.99. The van der Waals surface area contributed by atoms with Gasteiger partial charge in [0.25, 0.3) is 0 Å². The van der Waals surface area contributed by atoms with Crippen molar-refractivity contribution in [1.82, 2.24) is 0 Å². The minimum Gasteiger partial charge on any atom is -0.325 e. The fourth-order valence-electron chi connectivity index (χ4n) is 2.62. The van der Waals surface area contributed by atoms with Crippen LogP contribution in [0.4, 0.5) is 11.4 Å². The maximum absolute atomic E-state index is 12.7. The monoisotopic (exact) mass is 450 g/mol. The molecule has 2 amide bonds. The van der Waals surface area contributed by atoms with Crippen molar-refractivity contribution in [2.24, 2.45) is 0 Å². The maximum atomic E-state index is 12.7. The van der Waals surface area contributed by atoms with Crippen LogP contribution in [-0.4, -0.2) is 28.3 Å². The zero-order valence-corrected chi connectivity index (χ0v) is 15.5. The van der Waals surface area contributed by atoms with Crippen molar-refractivity contribution in [2.45, 2.75) is 0 Å². The van der Waals surface area contributed by atoms with Crippen molar-refractivity contribution in [3.05, 3.63) is 47.5 Å². The lowest BCUT2D eigenvalue weighted by Crippen LogP contribution is -2.12. The molecule has 0 atom stereocenters. The summed E-state index contributed by atoms with van der Waals surface area (Å²) in [5.74, 6) is -0.486. The molecule has 0 fully saturated rings. The first-order chi connectivity index (χ1) is 11.5. The summed E-state index contributed by atoms with van der Waals surface area (Å²) < 4.78 is 0. The van der Waals surface area contributed by atoms with Gasteiger partial charge in [-0.15, -0.1) is 0 Å². The molecule has 122 valence electrons. The third-order valence-electron chi connectivity index (χ3n) is 3.63. The highest BCUT2D eigenvalue weighted by atomic mass is 79.9. The Morgan fingerprint density at radius 1 is 0.750 bits per heavy atom. The predicted octanol–water partition coefficient (Wildman–Crippen LogP) is 3.56. The van der Waals surface area contributed by atoms with E-state index < -0.39 is 0 Å². The van der Waals surface area contributed by atoms with E-state index in [9.17, 15) is 14.4 Å². The number of anilines is 2. The van der Waals surface area contributed by atoms with Crippen LogP contribution >= 0.6 is 31.9 Å². The fourth-order valence-corrected chi connectivity index (χ4v) is 2.90. The quantitative estimate of drug-likeness (QED) is 0.595. The van der Waals surface area contributed by atoms with Gasteiger partial charge in [-0.2, -0.15) is 0 Å². The van der Waals surface area contributed by atoms with Gasteiger partial charge in [0.05, 0.1) is 10.7 Å². The Morgan fingerprint density at radius 2 is 1.17 bits per heavy atom. The number of hydrogen-bond donors (Lipinski definition) is 2. The molecule has 2 aromatic rings. The minimum atomic E-state index is -0.183. The number of alkyl halides is 2. The number of hydrogen-bond acceptors (Lipinski definition) is 3. The Balaban J connectivity index is 1.95. The highest BCUT2D eigenvalue weighted by molar-refractivity contribution is 9.09. The predicted molar refractivity (Wildman–Crippen MR) is 100 cm³/mol. The molecule has 2 N–H and O–H groups in total. The normalized spacial score (nSPS) is 11.7. The second-order valence-corrected chi connectivity index (χ2v) is 6.33. The lowest BCUT2D eigenvalue weighted by Gasteiger charge is -2.06. The topological polar surface area (TPSA) is 75.3 Å². The average Bonchev–Trinajstić information content (AvgIpc) is 2.87. The van der Waals surface area contributed by atoms with Gasteiger partial charge in [-0.3, -0.25) is 14.4 Å². The highest BCUT2D eigenvalue weighted by Gasteiger charge is 2.27. The Morgan fingerprint density at radius 3 is 1.54 bits per heavy atom. The van der Waals surface area contributed by atoms with E-state index >= 15 is 0 Å². The zero-order chi connectivity index (χ0) is 17.3. The van der Waals surface area contributed by atoms with Crippen LogP contribution in [0.5, 0.6) is 0 Å². The number of amides is 2. The van der Waals surface area contributed by atoms with E-state index in [0.717, 1.165) is 11.1 Å². The molecule has 2 aromatic carbocycles. The van der Waals surface area contributed by atoms with E-state index in [-0.39, 0.29) is 28.3 Å². The Labute approximate surface area is 155 Å². The van der Waals surface area contributed by atoms with Gasteiger partial charge in [0, 0.05) is 22.5 Å². The van der Waals surface area contributed by atoms with Gasteiger partial charge in [0.2, 0.25) is 11.8 Å². The molecule has 24 heavy (non-hydrogen) atoms. The number of benzene rings is 2. The first-order valence-corrected chi connectivity index (χ1v) is 9.32. The van der Waals surface area contributed by atoms with Crippen LogP contribution in [0, 0.1) is 0 Å². The van der Waals surface area contributed by atoms with Crippen LogP contribution in [0.15, 0.2) is 36.4 Å². The van der Waals surface area contributed by atoms with Crippen LogP contribution in [0.2, 0.25) is 0 Å². The van der Waals surface area contributed by atoms with E-state index in [1.54, 1.807) is 24.3 Å². The van der Waals surface area contributed by atoms with Crippen molar-refractivity contribution in [2.75, 3.05) is 21.3 Å². The standard InChI is InChI=1S/C17H12Br2N2O3/c18-7-15(22)20-9-1-3-11-12-4-2-10(21-16(23)8-19)6-14(12)17(24)13(11)5-9/h1-6H,7-8H2,(H,20,22)(H,21,23). The molecule has 0 heterocycles. The van der Waals surface area contributed by atoms with Crippen LogP contribution in [-0.2, 0) is 9.59 Å². The Kier molecular flexibility index (Phi) is 4.82. The molecular formula is C17H12Br2N2O3. The average molecular weight is 452 g/mol. The molecule has 0 spiro atoms. The first kappa shape index (κ1) is 16.9. The first-order valence-electron chi connectivity index (χ1n) is 7.08. The lowest BCUT2D eigenvalue weighted by atomic mass is 10.0. The third kappa shape index (κ3) is 3.14. The summed E-state index contributed by atoms with van der Waals surface area (Å²) in [5.41, 5.74) is 3.89. The highest BCUT2D eigenvalue weighted by Crippen LogP contribution is 2.39. The molecule has 0 radical (unpaired) electrons. The van der Waals surface area contributed by atoms with E-state index in [2.05, 4.69) is 42.5 Å². The number of rotatable bonds is 4. The molecule has 0 bridgehead atoms. The van der Waals surface area contributed by atoms with Gasteiger partial charge < -0.3 is 10.6 Å². The minimum absolute atomic E-state index is 0.120. The van der Waals surface area contributed by atoms with Crippen LogP contribution in [0.25, 0.3) is 11.1 Å².